The average molecular weight is 255 g/mol. The van der Waals surface area contributed by atoms with Crippen LogP contribution in [0.4, 0.5) is 0 Å². The maximum Gasteiger partial charge on any atom is 0.251 e. The summed E-state index contributed by atoms with van der Waals surface area (Å²) in [4.78, 5) is 11.7. The summed E-state index contributed by atoms with van der Waals surface area (Å²) in [7, 11) is -0.863. The van der Waals surface area contributed by atoms with E-state index in [0.717, 1.165) is 0 Å². The molecule has 17 heavy (non-hydrogen) atoms. The van der Waals surface area contributed by atoms with Crippen LogP contribution in [0, 0.1) is 6.92 Å². The van der Waals surface area contributed by atoms with Gasteiger partial charge in [-0.3, -0.25) is 9.00 Å². The summed E-state index contributed by atoms with van der Waals surface area (Å²) in [5, 5.41) is 12.0. The van der Waals surface area contributed by atoms with Gasteiger partial charge in [0.15, 0.2) is 0 Å². The van der Waals surface area contributed by atoms with Crippen molar-refractivity contribution in [1.29, 1.82) is 0 Å². The van der Waals surface area contributed by atoms with Gasteiger partial charge in [-0.15, -0.1) is 0 Å². The van der Waals surface area contributed by atoms with Crippen LogP contribution in [0.25, 0.3) is 0 Å². The van der Waals surface area contributed by atoms with Gasteiger partial charge in [0, 0.05) is 34.4 Å². The van der Waals surface area contributed by atoms with Crippen LogP contribution in [0.1, 0.15) is 22.8 Å². The fourth-order valence-corrected chi connectivity index (χ4v) is 1.94. The van der Waals surface area contributed by atoms with E-state index in [4.69, 9.17) is 0 Å². The summed E-state index contributed by atoms with van der Waals surface area (Å²) in [5.74, 6) is 1.04. The van der Waals surface area contributed by atoms with Crippen LogP contribution in [0.15, 0.2) is 18.2 Å². The molecule has 1 atom stereocenters. The summed E-state index contributed by atoms with van der Waals surface area (Å²) < 4.78 is 11.2. The molecule has 0 saturated carbocycles. The number of aromatic hydroxyl groups is 1. The summed E-state index contributed by atoms with van der Waals surface area (Å²) >= 11 is 0. The molecule has 0 fully saturated rings. The van der Waals surface area contributed by atoms with E-state index >= 15 is 0 Å². The first-order valence-electron chi connectivity index (χ1n) is 5.47. The third kappa shape index (κ3) is 4.19. The monoisotopic (exact) mass is 255 g/mol. The lowest BCUT2D eigenvalue weighted by atomic mass is 10.1. The van der Waals surface area contributed by atoms with Gasteiger partial charge in [-0.2, -0.15) is 0 Å². The topological polar surface area (TPSA) is 66.4 Å². The predicted molar refractivity (Wildman–Crippen MR) is 68.7 cm³/mol. The van der Waals surface area contributed by atoms with Crippen LogP contribution in [0.3, 0.4) is 0 Å². The first-order valence-corrected chi connectivity index (χ1v) is 6.96. The highest BCUT2D eigenvalue weighted by Crippen LogP contribution is 2.16. The smallest absolute Gasteiger partial charge is 0.251 e. The van der Waals surface area contributed by atoms with Gasteiger partial charge in [0.2, 0.25) is 0 Å². The second-order valence-electron chi connectivity index (χ2n) is 3.69. The number of aryl methyl sites for hydroxylation is 1. The van der Waals surface area contributed by atoms with Gasteiger partial charge in [-0.05, 0) is 30.7 Å². The number of rotatable bonds is 5. The Bertz CT molecular complexity index is 432. The Balaban J connectivity index is 2.52. The molecule has 0 heterocycles. The van der Waals surface area contributed by atoms with Gasteiger partial charge in [0.25, 0.3) is 5.91 Å². The van der Waals surface area contributed by atoms with E-state index in [2.05, 4.69) is 5.32 Å². The minimum atomic E-state index is -0.863. The fraction of sp³-hybridized carbons (Fsp3) is 0.417. The molecule has 94 valence electrons. The van der Waals surface area contributed by atoms with E-state index in [0.29, 0.717) is 29.2 Å². The molecule has 2 N–H and O–H groups in total. The summed E-state index contributed by atoms with van der Waals surface area (Å²) in [6.07, 6.45) is 0. The first kappa shape index (κ1) is 13.7. The minimum Gasteiger partial charge on any atom is -0.508 e. The molecular formula is C12H17NO3S. The Morgan fingerprint density at radius 1 is 1.47 bits per heavy atom. The second kappa shape index (κ2) is 6.39. The molecular weight excluding hydrogens is 238 g/mol. The van der Waals surface area contributed by atoms with E-state index in [1.165, 1.54) is 6.07 Å². The molecule has 1 aromatic rings. The molecule has 1 amide bonds. The van der Waals surface area contributed by atoms with Crippen LogP contribution in [0.5, 0.6) is 5.75 Å². The Morgan fingerprint density at radius 2 is 2.18 bits per heavy atom. The molecule has 0 aliphatic rings. The first-order chi connectivity index (χ1) is 8.04. The highest BCUT2D eigenvalue weighted by molar-refractivity contribution is 7.84. The minimum absolute atomic E-state index is 0.175. The van der Waals surface area contributed by atoms with E-state index in [1.807, 2.05) is 6.92 Å². The van der Waals surface area contributed by atoms with E-state index in [1.54, 1.807) is 19.1 Å². The van der Waals surface area contributed by atoms with Crippen LogP contribution in [-0.4, -0.2) is 33.3 Å². The number of phenolic OH excluding ortho intramolecular Hbond substituents is 1. The summed E-state index contributed by atoms with van der Waals surface area (Å²) in [6.45, 7) is 3.98. The lowest BCUT2D eigenvalue weighted by Gasteiger charge is -2.06. The normalized spacial score (nSPS) is 12.1. The van der Waals surface area contributed by atoms with Crippen LogP contribution in [0.2, 0.25) is 0 Å². The van der Waals surface area contributed by atoms with Crippen molar-refractivity contribution in [3.05, 3.63) is 29.3 Å². The van der Waals surface area contributed by atoms with Crippen molar-refractivity contribution in [1.82, 2.24) is 5.32 Å². The zero-order chi connectivity index (χ0) is 12.8. The maximum atomic E-state index is 11.7. The van der Waals surface area contributed by atoms with Crippen molar-refractivity contribution in [2.24, 2.45) is 0 Å². The van der Waals surface area contributed by atoms with Crippen molar-refractivity contribution in [2.45, 2.75) is 13.8 Å². The molecule has 0 bridgehead atoms. The number of amides is 1. The van der Waals surface area contributed by atoms with Gasteiger partial charge >= 0.3 is 0 Å². The van der Waals surface area contributed by atoms with Crippen molar-refractivity contribution in [3.63, 3.8) is 0 Å². The Hall–Kier alpha value is -1.36. The number of hydrogen-bond donors (Lipinski definition) is 2. The number of hydrogen-bond acceptors (Lipinski definition) is 3. The lowest BCUT2D eigenvalue weighted by molar-refractivity contribution is 0.0956. The molecule has 0 aliphatic carbocycles. The quantitative estimate of drug-likeness (QED) is 0.831. The van der Waals surface area contributed by atoms with Gasteiger partial charge in [-0.25, -0.2) is 0 Å². The SMILES string of the molecule is CCS(=O)CCNC(=O)c1ccc(O)c(C)c1. The van der Waals surface area contributed by atoms with Crippen molar-refractivity contribution >= 4 is 16.7 Å². The maximum absolute atomic E-state index is 11.7. The molecule has 5 heteroatoms. The fourth-order valence-electron chi connectivity index (χ4n) is 1.32. The van der Waals surface area contributed by atoms with Crippen LogP contribution in [-0.2, 0) is 10.8 Å². The molecule has 1 aromatic carbocycles. The van der Waals surface area contributed by atoms with Crippen molar-refractivity contribution in [2.75, 3.05) is 18.1 Å². The highest BCUT2D eigenvalue weighted by atomic mass is 32.2. The molecule has 1 unspecified atom stereocenters. The van der Waals surface area contributed by atoms with Crippen LogP contribution >= 0.6 is 0 Å². The molecule has 0 saturated heterocycles. The van der Waals surface area contributed by atoms with Crippen LogP contribution < -0.4 is 5.32 Å². The summed E-state index contributed by atoms with van der Waals surface area (Å²) in [6, 6.07) is 4.68. The molecule has 0 aliphatic heterocycles. The molecule has 4 nitrogen and oxygen atoms in total. The predicted octanol–water partition coefficient (Wildman–Crippen LogP) is 1.20. The van der Waals surface area contributed by atoms with Gasteiger partial charge in [0.05, 0.1) is 0 Å². The van der Waals surface area contributed by atoms with Crippen molar-refractivity contribution < 1.29 is 14.1 Å². The second-order valence-corrected chi connectivity index (χ2v) is 5.56. The van der Waals surface area contributed by atoms with E-state index < -0.39 is 10.8 Å². The number of carbonyl (C=O) groups excluding carboxylic acids is 1. The zero-order valence-electron chi connectivity index (χ0n) is 10.0. The van der Waals surface area contributed by atoms with Gasteiger partial charge in [0.1, 0.15) is 5.75 Å². The average Bonchev–Trinajstić information content (AvgIpc) is 2.32. The number of nitrogens with one attached hydrogen (secondary N) is 1. The van der Waals surface area contributed by atoms with E-state index in [-0.39, 0.29) is 11.7 Å². The molecule has 0 spiro atoms. The van der Waals surface area contributed by atoms with Gasteiger partial charge in [-0.1, -0.05) is 6.92 Å². The van der Waals surface area contributed by atoms with Gasteiger partial charge < -0.3 is 10.4 Å². The Morgan fingerprint density at radius 3 is 2.76 bits per heavy atom. The zero-order valence-corrected chi connectivity index (χ0v) is 10.8. The molecule has 1 rings (SSSR count). The third-order valence-electron chi connectivity index (χ3n) is 2.40. The number of phenols is 1. The third-order valence-corrected chi connectivity index (χ3v) is 3.70. The Labute approximate surface area is 104 Å². The Kier molecular flexibility index (Phi) is 5.15. The van der Waals surface area contributed by atoms with Crippen molar-refractivity contribution in [3.8, 4) is 5.75 Å². The standard InChI is InChI=1S/C12H17NO3S/c1-3-17(16)7-6-13-12(15)10-4-5-11(14)9(2)8-10/h4-5,8,14H,3,6-7H2,1-2H3,(H,13,15). The number of benzene rings is 1. The largest absolute Gasteiger partial charge is 0.508 e. The molecule has 0 aromatic heterocycles. The number of carbonyl (C=O) groups is 1. The summed E-state index contributed by atoms with van der Waals surface area (Å²) in [5.41, 5.74) is 1.16. The molecule has 0 radical (unpaired) electrons. The van der Waals surface area contributed by atoms with E-state index in [9.17, 15) is 14.1 Å². The lowest BCUT2D eigenvalue weighted by Crippen LogP contribution is -2.28. The highest BCUT2D eigenvalue weighted by Gasteiger charge is 2.07.